The van der Waals surface area contributed by atoms with Gasteiger partial charge >= 0.3 is 0 Å². The van der Waals surface area contributed by atoms with Crippen molar-refractivity contribution in [2.45, 2.75) is 30.7 Å². The number of benzene rings is 3. The number of allylic oxidation sites excluding steroid dienone is 6. The molecule has 2 heteroatoms. The molecular formula is C36H32N2. The van der Waals surface area contributed by atoms with Gasteiger partial charge in [0.05, 0.1) is 11.1 Å². The summed E-state index contributed by atoms with van der Waals surface area (Å²) in [5.41, 5.74) is 16.5. The van der Waals surface area contributed by atoms with Gasteiger partial charge in [-0.15, -0.1) is 0 Å². The number of pyridine rings is 1. The first-order valence-corrected chi connectivity index (χ1v) is 13.4. The lowest BCUT2D eigenvalue weighted by Gasteiger charge is -2.35. The van der Waals surface area contributed by atoms with Crippen molar-refractivity contribution in [1.29, 1.82) is 0 Å². The molecule has 6 rings (SSSR count). The van der Waals surface area contributed by atoms with Crippen LogP contribution in [0.3, 0.4) is 0 Å². The molecule has 0 aliphatic heterocycles. The van der Waals surface area contributed by atoms with Gasteiger partial charge in [0, 0.05) is 17.8 Å². The number of nitrogens with zero attached hydrogens (tertiary/aromatic N) is 1. The van der Waals surface area contributed by atoms with Crippen LogP contribution >= 0.6 is 0 Å². The minimum Gasteiger partial charge on any atom is -0.321 e. The van der Waals surface area contributed by atoms with Crippen LogP contribution in [-0.2, 0) is 11.8 Å². The molecule has 2 unspecified atom stereocenters. The molecule has 2 aliphatic carbocycles. The van der Waals surface area contributed by atoms with Crippen LogP contribution in [0.5, 0.6) is 0 Å². The lowest BCUT2D eigenvalue weighted by Crippen LogP contribution is -2.29. The third-order valence-electron chi connectivity index (χ3n) is 7.80. The SMILES string of the molecule is NC(/C=C/C=C\C=C/c1ccccc1)c1ccc2c(c1)C1(C/C=C\CCc3ccccc31)c1cccnc1-2. The van der Waals surface area contributed by atoms with Crippen LogP contribution in [0, 0.1) is 0 Å². The average Bonchev–Trinajstić information content (AvgIpc) is 3.24. The molecule has 0 amide bonds. The second-order valence-electron chi connectivity index (χ2n) is 10.0. The van der Waals surface area contributed by atoms with E-state index in [1.807, 2.05) is 48.7 Å². The van der Waals surface area contributed by atoms with Gasteiger partial charge in [0.1, 0.15) is 0 Å². The first-order valence-electron chi connectivity index (χ1n) is 13.4. The van der Waals surface area contributed by atoms with E-state index in [9.17, 15) is 0 Å². The summed E-state index contributed by atoms with van der Waals surface area (Å²) in [4.78, 5) is 4.87. The van der Waals surface area contributed by atoms with E-state index < -0.39 is 0 Å². The number of aromatic nitrogens is 1. The highest BCUT2D eigenvalue weighted by molar-refractivity contribution is 5.82. The lowest BCUT2D eigenvalue weighted by molar-refractivity contribution is 0.625. The van der Waals surface area contributed by atoms with Gasteiger partial charge < -0.3 is 5.73 Å². The molecule has 186 valence electrons. The topological polar surface area (TPSA) is 38.9 Å². The first kappa shape index (κ1) is 24.1. The van der Waals surface area contributed by atoms with E-state index in [0.29, 0.717) is 0 Å². The van der Waals surface area contributed by atoms with E-state index in [0.717, 1.165) is 30.5 Å². The number of hydrogen-bond donors (Lipinski definition) is 1. The van der Waals surface area contributed by atoms with Gasteiger partial charge in [0.2, 0.25) is 0 Å². The van der Waals surface area contributed by atoms with Crippen molar-refractivity contribution in [2.75, 3.05) is 0 Å². The molecule has 2 N–H and O–H groups in total. The van der Waals surface area contributed by atoms with Gasteiger partial charge in [0.25, 0.3) is 0 Å². The monoisotopic (exact) mass is 492 g/mol. The zero-order valence-electron chi connectivity index (χ0n) is 21.5. The molecule has 1 aromatic heterocycles. The quantitative estimate of drug-likeness (QED) is 0.226. The smallest absolute Gasteiger partial charge is 0.0749 e. The highest BCUT2D eigenvalue weighted by atomic mass is 14.7. The molecule has 0 radical (unpaired) electrons. The second kappa shape index (κ2) is 10.6. The Labute approximate surface area is 225 Å². The van der Waals surface area contributed by atoms with Crippen molar-refractivity contribution in [3.05, 3.63) is 167 Å². The minimum absolute atomic E-state index is 0.198. The molecule has 1 heterocycles. The minimum atomic E-state index is -0.256. The van der Waals surface area contributed by atoms with Crippen LogP contribution in [0.2, 0.25) is 0 Å². The molecule has 2 nitrogen and oxygen atoms in total. The third kappa shape index (κ3) is 4.38. The Hall–Kier alpha value is -4.27. The number of nitrogens with two attached hydrogens (primary N) is 1. The first-order chi connectivity index (χ1) is 18.8. The summed E-state index contributed by atoms with van der Waals surface area (Å²) in [6, 6.07) is 30.1. The standard InChI is InChI=1S/C36H32N2/c37-34(21-9-2-1-5-14-27-15-6-3-7-16-27)29-22-23-30-33(26-29)36(32-20-13-25-38-35(30)32)24-12-4-8-17-28-18-10-11-19-31(28)36/h1-7,9-16,18-23,25-26,34H,8,17,24,37H2/b2-1-,12-4-,14-5-,21-9+. The molecule has 0 saturated carbocycles. The summed E-state index contributed by atoms with van der Waals surface area (Å²) >= 11 is 0. The van der Waals surface area contributed by atoms with Crippen molar-refractivity contribution in [3.63, 3.8) is 0 Å². The van der Waals surface area contributed by atoms with Gasteiger partial charge in [-0.2, -0.15) is 0 Å². The van der Waals surface area contributed by atoms with Crippen LogP contribution in [0.25, 0.3) is 17.3 Å². The van der Waals surface area contributed by atoms with Crippen LogP contribution < -0.4 is 5.73 Å². The molecule has 0 saturated heterocycles. The van der Waals surface area contributed by atoms with E-state index >= 15 is 0 Å². The van der Waals surface area contributed by atoms with Crippen molar-refractivity contribution in [1.82, 2.24) is 4.98 Å². The summed E-state index contributed by atoms with van der Waals surface area (Å²) < 4.78 is 0. The van der Waals surface area contributed by atoms with Crippen molar-refractivity contribution < 1.29 is 0 Å². The summed E-state index contributed by atoms with van der Waals surface area (Å²) in [6.07, 6.45) is 22.0. The molecule has 0 fully saturated rings. The fourth-order valence-electron chi connectivity index (χ4n) is 5.98. The molecule has 2 atom stereocenters. The second-order valence-corrected chi connectivity index (χ2v) is 10.0. The van der Waals surface area contributed by atoms with E-state index in [-0.39, 0.29) is 11.5 Å². The maximum absolute atomic E-state index is 6.70. The Morgan fingerprint density at radius 2 is 1.58 bits per heavy atom. The Bertz CT molecular complexity index is 1560. The summed E-state index contributed by atoms with van der Waals surface area (Å²) in [7, 11) is 0. The number of hydrogen-bond acceptors (Lipinski definition) is 2. The van der Waals surface area contributed by atoms with Crippen molar-refractivity contribution >= 4 is 6.08 Å². The van der Waals surface area contributed by atoms with E-state index in [4.69, 9.17) is 10.7 Å². The van der Waals surface area contributed by atoms with Gasteiger partial charge in [-0.1, -0.05) is 127 Å². The Balaban J connectivity index is 1.35. The number of aryl methyl sites for hydroxylation is 1. The van der Waals surface area contributed by atoms with Crippen LogP contribution in [0.15, 0.2) is 134 Å². The van der Waals surface area contributed by atoms with E-state index in [2.05, 4.69) is 91.0 Å². The molecule has 1 spiro atoms. The molecule has 4 aromatic rings. The largest absolute Gasteiger partial charge is 0.321 e. The van der Waals surface area contributed by atoms with Gasteiger partial charge in [-0.3, -0.25) is 4.98 Å². The number of rotatable bonds is 5. The Morgan fingerprint density at radius 1 is 0.763 bits per heavy atom. The molecule has 3 aromatic carbocycles. The van der Waals surface area contributed by atoms with Gasteiger partial charge in [-0.05, 0) is 58.7 Å². The predicted octanol–water partition coefficient (Wildman–Crippen LogP) is 8.11. The average molecular weight is 493 g/mol. The highest BCUT2D eigenvalue weighted by Gasteiger charge is 2.45. The van der Waals surface area contributed by atoms with E-state index in [1.165, 1.54) is 33.4 Å². The highest BCUT2D eigenvalue weighted by Crippen LogP contribution is 2.55. The van der Waals surface area contributed by atoms with Crippen molar-refractivity contribution in [3.8, 4) is 11.3 Å². The summed E-state index contributed by atoms with van der Waals surface area (Å²) in [5, 5.41) is 0. The maximum Gasteiger partial charge on any atom is 0.0749 e. The normalized spacial score (nSPS) is 19.8. The van der Waals surface area contributed by atoms with Gasteiger partial charge in [0.15, 0.2) is 0 Å². The molecular weight excluding hydrogens is 460 g/mol. The Morgan fingerprint density at radius 3 is 2.50 bits per heavy atom. The fourth-order valence-corrected chi connectivity index (χ4v) is 5.98. The maximum atomic E-state index is 6.70. The van der Waals surface area contributed by atoms with Crippen LogP contribution in [0.4, 0.5) is 0 Å². The van der Waals surface area contributed by atoms with Gasteiger partial charge in [-0.25, -0.2) is 0 Å². The van der Waals surface area contributed by atoms with E-state index in [1.54, 1.807) is 0 Å². The number of fused-ring (bicyclic) bond motifs is 7. The summed E-state index contributed by atoms with van der Waals surface area (Å²) in [5.74, 6) is 0. The Kier molecular flexibility index (Phi) is 6.73. The predicted molar refractivity (Wildman–Crippen MR) is 159 cm³/mol. The zero-order valence-corrected chi connectivity index (χ0v) is 21.5. The molecule has 2 aliphatic rings. The molecule has 0 bridgehead atoms. The lowest BCUT2D eigenvalue weighted by atomic mass is 9.67. The van der Waals surface area contributed by atoms with Crippen molar-refractivity contribution in [2.24, 2.45) is 5.73 Å². The zero-order chi connectivity index (χ0) is 25.8. The summed E-state index contributed by atoms with van der Waals surface area (Å²) in [6.45, 7) is 0. The molecule has 38 heavy (non-hydrogen) atoms. The van der Waals surface area contributed by atoms with Crippen LogP contribution in [-0.4, -0.2) is 4.98 Å². The fraction of sp³-hybridized carbons (Fsp3) is 0.139. The third-order valence-corrected chi connectivity index (χ3v) is 7.80. The van der Waals surface area contributed by atoms with Crippen LogP contribution in [0.1, 0.15) is 52.3 Å².